The summed E-state index contributed by atoms with van der Waals surface area (Å²) in [6.07, 6.45) is -0.745. The minimum absolute atomic E-state index is 0.0648. The summed E-state index contributed by atoms with van der Waals surface area (Å²) in [7, 11) is 0. The number of carbonyl (C=O) groups is 1. The Labute approximate surface area is 178 Å². The first-order chi connectivity index (χ1) is 14.8. The molecule has 0 aliphatic heterocycles. The number of nitriles is 1. The van der Waals surface area contributed by atoms with E-state index in [1.807, 2.05) is 36.4 Å². The number of ether oxygens (including phenoxy) is 1. The minimum Gasteiger partial charge on any atom is -0.494 e. The molecule has 1 atom stereocenters. The summed E-state index contributed by atoms with van der Waals surface area (Å²) in [5.41, 5.74) is -0.0973. The summed E-state index contributed by atoms with van der Waals surface area (Å²) in [5, 5.41) is 20.3. The van der Waals surface area contributed by atoms with Gasteiger partial charge in [0.1, 0.15) is 11.6 Å². The highest BCUT2D eigenvalue weighted by Crippen LogP contribution is 2.26. The molecule has 0 aliphatic carbocycles. The van der Waals surface area contributed by atoms with Crippen molar-refractivity contribution in [1.82, 2.24) is 4.57 Å². The average molecular weight is 420 g/mol. The van der Waals surface area contributed by atoms with Gasteiger partial charge in [0.25, 0.3) is 5.56 Å². The SMILES string of the molecule is Cc1c(C(=O)C(C)Oc2ccccc2F)c(O)n(CCc2ccccc2)c(=O)c1C#N. The monoisotopic (exact) mass is 420 g/mol. The fourth-order valence-corrected chi connectivity index (χ4v) is 3.33. The van der Waals surface area contributed by atoms with Crippen molar-refractivity contribution in [2.75, 3.05) is 0 Å². The fraction of sp³-hybridized carbons (Fsp3) is 0.208. The van der Waals surface area contributed by atoms with E-state index in [4.69, 9.17) is 4.74 Å². The van der Waals surface area contributed by atoms with E-state index in [-0.39, 0.29) is 29.0 Å². The van der Waals surface area contributed by atoms with Gasteiger partial charge in [-0.1, -0.05) is 42.5 Å². The van der Waals surface area contributed by atoms with Crippen LogP contribution in [0.15, 0.2) is 59.4 Å². The summed E-state index contributed by atoms with van der Waals surface area (Å²) >= 11 is 0. The van der Waals surface area contributed by atoms with Gasteiger partial charge in [-0.05, 0) is 43.5 Å². The molecule has 31 heavy (non-hydrogen) atoms. The molecule has 1 heterocycles. The Bertz CT molecular complexity index is 1210. The molecule has 0 bridgehead atoms. The molecule has 0 aliphatic rings. The van der Waals surface area contributed by atoms with Crippen molar-refractivity contribution in [2.24, 2.45) is 0 Å². The summed E-state index contributed by atoms with van der Waals surface area (Å²) in [6.45, 7) is 2.91. The Morgan fingerprint density at radius 3 is 2.48 bits per heavy atom. The van der Waals surface area contributed by atoms with Crippen LogP contribution in [0.4, 0.5) is 4.39 Å². The van der Waals surface area contributed by atoms with Gasteiger partial charge in [0.05, 0.1) is 5.56 Å². The van der Waals surface area contributed by atoms with Gasteiger partial charge in [0.15, 0.2) is 17.7 Å². The van der Waals surface area contributed by atoms with Gasteiger partial charge in [-0.3, -0.25) is 14.2 Å². The lowest BCUT2D eigenvalue weighted by molar-refractivity contribution is 0.0806. The van der Waals surface area contributed by atoms with Crippen molar-refractivity contribution < 1.29 is 19.0 Å². The Kier molecular flexibility index (Phi) is 6.51. The average Bonchev–Trinajstić information content (AvgIpc) is 2.76. The van der Waals surface area contributed by atoms with Crippen LogP contribution in [-0.2, 0) is 13.0 Å². The van der Waals surface area contributed by atoms with E-state index in [1.165, 1.54) is 32.0 Å². The van der Waals surface area contributed by atoms with Gasteiger partial charge in [0, 0.05) is 6.54 Å². The molecule has 0 fully saturated rings. The van der Waals surface area contributed by atoms with Crippen molar-refractivity contribution in [3.8, 4) is 17.7 Å². The standard InChI is InChI=1S/C24H21FN2O4/c1-15-18(14-26)23(29)27(13-12-17-8-4-3-5-9-17)24(30)21(15)22(28)16(2)31-20-11-7-6-10-19(20)25/h3-11,16,30H,12-13H2,1-2H3. The number of aromatic nitrogens is 1. The first kappa shape index (κ1) is 21.8. The Morgan fingerprint density at radius 2 is 1.84 bits per heavy atom. The zero-order valence-electron chi connectivity index (χ0n) is 17.1. The number of rotatable bonds is 7. The molecule has 0 radical (unpaired) electrons. The van der Waals surface area contributed by atoms with Crippen LogP contribution in [0.25, 0.3) is 0 Å². The third kappa shape index (κ3) is 4.48. The Hall–Kier alpha value is -3.92. The molecule has 2 aromatic carbocycles. The number of Topliss-reactive ketones (excluding diaryl/α,β-unsaturated/α-hetero) is 1. The number of aromatic hydroxyl groups is 1. The molecule has 1 unspecified atom stereocenters. The van der Waals surface area contributed by atoms with Crippen LogP contribution in [0.5, 0.6) is 11.6 Å². The number of hydrogen-bond acceptors (Lipinski definition) is 5. The molecule has 6 nitrogen and oxygen atoms in total. The fourth-order valence-electron chi connectivity index (χ4n) is 3.33. The molecule has 7 heteroatoms. The second-order valence-electron chi connectivity index (χ2n) is 7.06. The van der Waals surface area contributed by atoms with E-state index in [9.17, 15) is 24.3 Å². The summed E-state index contributed by atoms with van der Waals surface area (Å²) < 4.78 is 20.4. The predicted molar refractivity (Wildman–Crippen MR) is 113 cm³/mol. The number of carbonyl (C=O) groups excluding carboxylic acids is 1. The highest BCUT2D eigenvalue weighted by Gasteiger charge is 2.28. The Balaban J connectivity index is 1.99. The second-order valence-corrected chi connectivity index (χ2v) is 7.06. The molecule has 0 spiro atoms. The molecule has 0 saturated carbocycles. The lowest BCUT2D eigenvalue weighted by Gasteiger charge is -2.19. The van der Waals surface area contributed by atoms with Crippen LogP contribution < -0.4 is 10.3 Å². The number of nitrogens with zero attached hydrogens (tertiary/aromatic N) is 2. The third-order valence-corrected chi connectivity index (χ3v) is 5.02. The third-order valence-electron chi connectivity index (χ3n) is 5.02. The van der Waals surface area contributed by atoms with Gasteiger partial charge in [-0.15, -0.1) is 0 Å². The van der Waals surface area contributed by atoms with Crippen LogP contribution >= 0.6 is 0 Å². The smallest absolute Gasteiger partial charge is 0.271 e. The molecule has 0 amide bonds. The number of pyridine rings is 1. The quantitative estimate of drug-likeness (QED) is 0.588. The van der Waals surface area contributed by atoms with Crippen molar-refractivity contribution in [3.05, 3.63) is 93.0 Å². The van der Waals surface area contributed by atoms with E-state index in [0.717, 1.165) is 10.1 Å². The number of halogens is 1. The zero-order chi connectivity index (χ0) is 22.5. The van der Waals surface area contributed by atoms with Crippen LogP contribution in [0.2, 0.25) is 0 Å². The molecule has 0 saturated heterocycles. The summed E-state index contributed by atoms with van der Waals surface area (Å²) in [4.78, 5) is 25.8. The molecule has 1 aromatic heterocycles. The predicted octanol–water partition coefficient (Wildman–Crippen LogP) is 3.77. The molecular formula is C24H21FN2O4. The number of ketones is 1. The largest absolute Gasteiger partial charge is 0.494 e. The van der Waals surface area contributed by atoms with Crippen LogP contribution in [-0.4, -0.2) is 21.6 Å². The van der Waals surface area contributed by atoms with Crippen molar-refractivity contribution in [2.45, 2.75) is 32.9 Å². The normalized spacial score (nSPS) is 11.5. The summed E-state index contributed by atoms with van der Waals surface area (Å²) in [6, 6.07) is 16.8. The minimum atomic E-state index is -1.16. The first-order valence-corrected chi connectivity index (χ1v) is 9.71. The van der Waals surface area contributed by atoms with Gasteiger partial charge < -0.3 is 9.84 Å². The van der Waals surface area contributed by atoms with Crippen molar-refractivity contribution >= 4 is 5.78 Å². The number of aryl methyl sites for hydroxylation is 1. The lowest BCUT2D eigenvalue weighted by atomic mass is 9.99. The van der Waals surface area contributed by atoms with E-state index >= 15 is 0 Å². The van der Waals surface area contributed by atoms with E-state index in [2.05, 4.69) is 0 Å². The van der Waals surface area contributed by atoms with E-state index in [0.29, 0.717) is 6.42 Å². The highest BCUT2D eigenvalue weighted by atomic mass is 19.1. The van der Waals surface area contributed by atoms with Gasteiger partial charge in [-0.25, -0.2) is 4.39 Å². The first-order valence-electron chi connectivity index (χ1n) is 9.71. The molecule has 3 aromatic rings. The maximum Gasteiger partial charge on any atom is 0.271 e. The maximum absolute atomic E-state index is 13.9. The van der Waals surface area contributed by atoms with Crippen LogP contribution in [0.1, 0.15) is 34.0 Å². The maximum atomic E-state index is 13.9. The van der Waals surface area contributed by atoms with E-state index in [1.54, 1.807) is 6.07 Å². The molecule has 1 N–H and O–H groups in total. The summed E-state index contributed by atoms with van der Waals surface area (Å²) in [5.74, 6) is -1.94. The Morgan fingerprint density at radius 1 is 1.19 bits per heavy atom. The number of benzene rings is 2. The van der Waals surface area contributed by atoms with E-state index < -0.39 is 29.1 Å². The van der Waals surface area contributed by atoms with Gasteiger partial charge in [0.2, 0.25) is 11.7 Å². The second kappa shape index (κ2) is 9.26. The van der Waals surface area contributed by atoms with Crippen LogP contribution in [0.3, 0.4) is 0 Å². The molecule has 158 valence electrons. The molecule has 3 rings (SSSR count). The number of hydrogen-bond donors (Lipinski definition) is 1. The topological polar surface area (TPSA) is 92.3 Å². The van der Waals surface area contributed by atoms with Gasteiger partial charge in [-0.2, -0.15) is 5.26 Å². The lowest BCUT2D eigenvalue weighted by Crippen LogP contribution is -2.31. The highest BCUT2D eigenvalue weighted by molar-refractivity contribution is 6.03. The van der Waals surface area contributed by atoms with Crippen molar-refractivity contribution in [1.29, 1.82) is 5.26 Å². The van der Waals surface area contributed by atoms with Crippen molar-refractivity contribution in [3.63, 3.8) is 0 Å². The van der Waals surface area contributed by atoms with Crippen LogP contribution in [0, 0.1) is 24.1 Å². The molecular weight excluding hydrogens is 399 g/mol. The van der Waals surface area contributed by atoms with Gasteiger partial charge >= 0.3 is 0 Å². The number of para-hydroxylation sites is 1. The zero-order valence-corrected chi connectivity index (χ0v) is 17.1.